The third-order valence-electron chi connectivity index (χ3n) is 1.39. The molecule has 0 aliphatic heterocycles. The molecule has 0 aliphatic rings. The Balaban J connectivity index is 3.61. The molecule has 0 aromatic heterocycles. The van der Waals surface area contributed by atoms with Crippen LogP contribution in [0, 0.1) is 17.2 Å². The Morgan fingerprint density at radius 2 is 2.00 bits per heavy atom. The van der Waals surface area contributed by atoms with Gasteiger partial charge in [-0.2, -0.15) is 18.4 Å². The number of nitrogens with one attached hydrogen (secondary N) is 1. The molecule has 0 aliphatic carbocycles. The van der Waals surface area contributed by atoms with E-state index in [-0.39, 0.29) is 12.5 Å². The molecule has 0 aromatic carbocycles. The maximum Gasteiger partial charge on any atom is 0.415 e. The Morgan fingerprint density at radius 1 is 1.46 bits per heavy atom. The van der Waals surface area contributed by atoms with Gasteiger partial charge < -0.3 is 10.4 Å². The summed E-state index contributed by atoms with van der Waals surface area (Å²) >= 11 is 0. The van der Waals surface area contributed by atoms with E-state index in [2.05, 4.69) is 5.32 Å². The molecule has 6 heteroatoms. The molecule has 0 radical (unpaired) electrons. The lowest BCUT2D eigenvalue weighted by atomic mass is 10.2. The Bertz CT molecular complexity index is 187. The van der Waals surface area contributed by atoms with E-state index in [0.29, 0.717) is 0 Å². The molecule has 76 valence electrons. The lowest BCUT2D eigenvalue weighted by Gasteiger charge is -2.15. The van der Waals surface area contributed by atoms with Gasteiger partial charge in [-0.1, -0.05) is 0 Å². The fraction of sp³-hybridized carbons (Fsp3) is 0.857. The van der Waals surface area contributed by atoms with Gasteiger partial charge in [0.25, 0.3) is 0 Å². The number of halogens is 3. The Kier molecular flexibility index (Phi) is 4.73. The van der Waals surface area contributed by atoms with Crippen LogP contribution >= 0.6 is 0 Å². The maximum absolute atomic E-state index is 11.7. The van der Waals surface area contributed by atoms with E-state index in [1.54, 1.807) is 6.92 Å². The normalized spacial score (nSPS) is 16.3. The van der Waals surface area contributed by atoms with Crippen molar-refractivity contribution in [3.05, 3.63) is 0 Å². The van der Waals surface area contributed by atoms with Crippen LogP contribution in [0.3, 0.4) is 0 Å². The number of aliphatic hydroxyl groups is 1. The zero-order valence-electron chi connectivity index (χ0n) is 7.10. The molecule has 0 aromatic rings. The van der Waals surface area contributed by atoms with E-state index in [1.165, 1.54) is 0 Å². The summed E-state index contributed by atoms with van der Waals surface area (Å²) in [4.78, 5) is 0. The highest BCUT2D eigenvalue weighted by atomic mass is 19.4. The van der Waals surface area contributed by atoms with Gasteiger partial charge in [0.2, 0.25) is 0 Å². The van der Waals surface area contributed by atoms with Crippen LogP contribution in [0.25, 0.3) is 0 Å². The molecule has 0 heterocycles. The van der Waals surface area contributed by atoms with Crippen LogP contribution in [0.5, 0.6) is 0 Å². The molecule has 13 heavy (non-hydrogen) atoms. The molecule has 0 bridgehead atoms. The monoisotopic (exact) mass is 196 g/mol. The van der Waals surface area contributed by atoms with Gasteiger partial charge in [0.15, 0.2) is 6.10 Å². The molecular formula is C7H11F3N2O. The first-order chi connectivity index (χ1) is 5.88. The van der Waals surface area contributed by atoms with Crippen LogP contribution in [0.2, 0.25) is 0 Å². The Morgan fingerprint density at radius 3 is 2.38 bits per heavy atom. The van der Waals surface area contributed by atoms with Crippen molar-refractivity contribution in [1.82, 2.24) is 5.32 Å². The highest BCUT2D eigenvalue weighted by Gasteiger charge is 2.37. The third kappa shape index (κ3) is 5.44. The summed E-state index contributed by atoms with van der Waals surface area (Å²) in [5.41, 5.74) is 0. The number of hydrogen-bond donors (Lipinski definition) is 2. The van der Waals surface area contributed by atoms with Crippen molar-refractivity contribution in [2.45, 2.75) is 19.2 Å². The summed E-state index contributed by atoms with van der Waals surface area (Å²) in [7, 11) is 0. The average molecular weight is 196 g/mol. The third-order valence-corrected chi connectivity index (χ3v) is 1.39. The van der Waals surface area contributed by atoms with Crippen molar-refractivity contribution in [2.24, 2.45) is 5.92 Å². The van der Waals surface area contributed by atoms with E-state index >= 15 is 0 Å². The summed E-state index contributed by atoms with van der Waals surface area (Å²) in [5.74, 6) is -0.361. The molecule has 0 saturated carbocycles. The molecule has 2 unspecified atom stereocenters. The highest BCUT2D eigenvalue weighted by Crippen LogP contribution is 2.19. The summed E-state index contributed by atoms with van der Waals surface area (Å²) in [6, 6.07) is 1.85. The smallest absolute Gasteiger partial charge is 0.382 e. The SMILES string of the molecule is CC(C#N)CNCC(O)C(F)(F)F. The predicted octanol–water partition coefficient (Wildman–Crippen LogP) is 0.659. The Hall–Kier alpha value is -0.800. The first-order valence-corrected chi connectivity index (χ1v) is 3.73. The molecule has 2 N–H and O–H groups in total. The van der Waals surface area contributed by atoms with Gasteiger partial charge in [-0.05, 0) is 6.92 Å². The summed E-state index contributed by atoms with van der Waals surface area (Å²) in [6.07, 6.45) is -6.96. The lowest BCUT2D eigenvalue weighted by molar-refractivity contribution is -0.201. The first-order valence-electron chi connectivity index (χ1n) is 3.73. The molecule has 0 rings (SSSR count). The number of aliphatic hydroxyl groups excluding tert-OH is 1. The van der Waals surface area contributed by atoms with Crippen LogP contribution < -0.4 is 5.32 Å². The van der Waals surface area contributed by atoms with Crippen molar-refractivity contribution in [2.75, 3.05) is 13.1 Å². The second kappa shape index (κ2) is 5.04. The van der Waals surface area contributed by atoms with Crippen molar-refractivity contribution in [3.8, 4) is 6.07 Å². The van der Waals surface area contributed by atoms with E-state index in [9.17, 15) is 13.2 Å². The number of rotatable bonds is 4. The van der Waals surface area contributed by atoms with Gasteiger partial charge in [0.1, 0.15) is 0 Å². The molecule has 0 fully saturated rings. The fourth-order valence-corrected chi connectivity index (χ4v) is 0.598. The van der Waals surface area contributed by atoms with Crippen molar-refractivity contribution in [3.63, 3.8) is 0 Å². The van der Waals surface area contributed by atoms with E-state index < -0.39 is 18.8 Å². The standard InChI is InChI=1S/C7H11F3N2O/c1-5(2-11)3-12-4-6(13)7(8,9)10/h5-6,12-13H,3-4H2,1H3. The minimum atomic E-state index is -4.59. The quantitative estimate of drug-likeness (QED) is 0.694. The number of nitrogens with zero attached hydrogens (tertiary/aromatic N) is 1. The molecule has 2 atom stereocenters. The van der Waals surface area contributed by atoms with Crippen LogP contribution in [-0.2, 0) is 0 Å². The lowest BCUT2D eigenvalue weighted by Crippen LogP contribution is -2.39. The highest BCUT2D eigenvalue weighted by molar-refractivity contribution is 4.80. The molecule has 3 nitrogen and oxygen atoms in total. The van der Waals surface area contributed by atoms with Crippen LogP contribution in [-0.4, -0.2) is 30.5 Å². The molecule has 0 amide bonds. The summed E-state index contributed by atoms with van der Waals surface area (Å²) in [6.45, 7) is 1.14. The first kappa shape index (κ1) is 12.2. The summed E-state index contributed by atoms with van der Waals surface area (Å²) < 4.78 is 35.1. The summed E-state index contributed by atoms with van der Waals surface area (Å²) in [5, 5.41) is 19.1. The van der Waals surface area contributed by atoms with Crippen LogP contribution in [0.1, 0.15) is 6.92 Å². The molecule has 0 saturated heterocycles. The van der Waals surface area contributed by atoms with Crippen LogP contribution in [0.4, 0.5) is 13.2 Å². The predicted molar refractivity (Wildman–Crippen MR) is 39.7 cm³/mol. The van der Waals surface area contributed by atoms with Gasteiger partial charge in [0, 0.05) is 13.1 Å². The zero-order valence-corrected chi connectivity index (χ0v) is 7.10. The molecular weight excluding hydrogens is 185 g/mol. The van der Waals surface area contributed by atoms with Crippen LogP contribution in [0.15, 0.2) is 0 Å². The van der Waals surface area contributed by atoms with Gasteiger partial charge in [-0.3, -0.25) is 0 Å². The zero-order chi connectivity index (χ0) is 10.5. The van der Waals surface area contributed by atoms with Gasteiger partial charge >= 0.3 is 6.18 Å². The van der Waals surface area contributed by atoms with Gasteiger partial charge in [-0.25, -0.2) is 0 Å². The number of nitriles is 1. The Labute approximate surface area is 74.2 Å². The minimum Gasteiger partial charge on any atom is -0.382 e. The van der Waals surface area contributed by atoms with Crippen molar-refractivity contribution < 1.29 is 18.3 Å². The largest absolute Gasteiger partial charge is 0.415 e. The number of alkyl halides is 3. The topological polar surface area (TPSA) is 56.0 Å². The van der Waals surface area contributed by atoms with Crippen molar-refractivity contribution in [1.29, 1.82) is 5.26 Å². The van der Waals surface area contributed by atoms with E-state index in [1.807, 2.05) is 6.07 Å². The average Bonchev–Trinajstić information content (AvgIpc) is 2.02. The number of hydrogen-bond acceptors (Lipinski definition) is 3. The van der Waals surface area contributed by atoms with Gasteiger partial charge in [-0.15, -0.1) is 0 Å². The van der Waals surface area contributed by atoms with E-state index in [4.69, 9.17) is 10.4 Å². The van der Waals surface area contributed by atoms with Crippen molar-refractivity contribution >= 4 is 0 Å². The van der Waals surface area contributed by atoms with E-state index in [0.717, 1.165) is 0 Å². The minimum absolute atomic E-state index is 0.142. The second-order valence-electron chi connectivity index (χ2n) is 2.75. The maximum atomic E-state index is 11.7. The fourth-order valence-electron chi connectivity index (χ4n) is 0.598. The molecule has 0 spiro atoms. The van der Waals surface area contributed by atoms with Gasteiger partial charge in [0.05, 0.1) is 12.0 Å². The second-order valence-corrected chi connectivity index (χ2v) is 2.75.